The van der Waals surface area contributed by atoms with Gasteiger partial charge in [0.05, 0.1) is 0 Å². The normalized spacial score (nSPS) is 12.6. The van der Waals surface area contributed by atoms with Gasteiger partial charge in [-0.25, -0.2) is 4.98 Å². The Labute approximate surface area is 110 Å². The van der Waals surface area contributed by atoms with E-state index in [9.17, 15) is 0 Å². The Morgan fingerprint density at radius 3 is 2.58 bits per heavy atom. The van der Waals surface area contributed by atoms with Gasteiger partial charge in [0.25, 0.3) is 0 Å². The molecule has 19 heavy (non-hydrogen) atoms. The highest BCUT2D eigenvalue weighted by Crippen LogP contribution is 2.39. The molecule has 1 aliphatic rings. The summed E-state index contributed by atoms with van der Waals surface area (Å²) in [5.74, 6) is 2.83. The van der Waals surface area contributed by atoms with Crippen molar-refractivity contribution in [3.05, 3.63) is 23.5 Å². The summed E-state index contributed by atoms with van der Waals surface area (Å²) in [6, 6.07) is 3.86. The highest BCUT2D eigenvalue weighted by atomic mass is 16.7. The van der Waals surface area contributed by atoms with Gasteiger partial charge in [-0.15, -0.1) is 10.2 Å². The third kappa shape index (κ3) is 1.95. The quantitative estimate of drug-likeness (QED) is 0.887. The minimum absolute atomic E-state index is 0.259. The van der Waals surface area contributed by atoms with E-state index in [1.165, 1.54) is 0 Å². The first-order valence-electron chi connectivity index (χ1n) is 5.98. The molecule has 2 heterocycles. The van der Waals surface area contributed by atoms with Crippen molar-refractivity contribution in [3.8, 4) is 22.8 Å². The number of hydrogen-bond acceptors (Lipinski definition) is 6. The van der Waals surface area contributed by atoms with E-state index in [-0.39, 0.29) is 6.79 Å². The Morgan fingerprint density at radius 1 is 1.11 bits per heavy atom. The summed E-state index contributed by atoms with van der Waals surface area (Å²) in [6.45, 7) is 4.07. The van der Waals surface area contributed by atoms with Crippen LogP contribution in [-0.2, 0) is 0 Å². The van der Waals surface area contributed by atoms with Crippen molar-refractivity contribution in [2.24, 2.45) is 0 Å². The first kappa shape index (κ1) is 11.7. The Kier molecular flexibility index (Phi) is 2.70. The van der Waals surface area contributed by atoms with Crippen LogP contribution >= 0.6 is 0 Å². The van der Waals surface area contributed by atoms with Crippen molar-refractivity contribution < 1.29 is 9.47 Å². The van der Waals surface area contributed by atoms with Gasteiger partial charge in [0.15, 0.2) is 17.3 Å². The van der Waals surface area contributed by atoms with E-state index in [4.69, 9.17) is 9.47 Å². The van der Waals surface area contributed by atoms with Crippen molar-refractivity contribution in [2.75, 3.05) is 19.2 Å². The van der Waals surface area contributed by atoms with Crippen LogP contribution in [0.5, 0.6) is 11.5 Å². The van der Waals surface area contributed by atoms with Crippen LogP contribution in [0.3, 0.4) is 0 Å². The molecule has 1 aromatic carbocycles. The molecular formula is C13H14N4O2. The van der Waals surface area contributed by atoms with Crippen LogP contribution in [0.15, 0.2) is 12.1 Å². The zero-order valence-corrected chi connectivity index (χ0v) is 11.0. The van der Waals surface area contributed by atoms with Crippen molar-refractivity contribution in [2.45, 2.75) is 13.8 Å². The average Bonchev–Trinajstić information content (AvgIpc) is 2.85. The van der Waals surface area contributed by atoms with Crippen molar-refractivity contribution >= 4 is 5.82 Å². The molecule has 0 atom stereocenters. The van der Waals surface area contributed by atoms with Gasteiger partial charge >= 0.3 is 0 Å². The van der Waals surface area contributed by atoms with Gasteiger partial charge in [-0.05, 0) is 31.5 Å². The number of ether oxygens (including phenoxy) is 2. The minimum Gasteiger partial charge on any atom is -0.454 e. The molecule has 0 aliphatic carbocycles. The summed E-state index contributed by atoms with van der Waals surface area (Å²) in [4.78, 5) is 4.35. The molecule has 98 valence electrons. The molecule has 0 amide bonds. The van der Waals surface area contributed by atoms with E-state index >= 15 is 0 Å². The van der Waals surface area contributed by atoms with Crippen molar-refractivity contribution in [3.63, 3.8) is 0 Å². The second kappa shape index (κ2) is 4.38. The molecule has 0 fully saturated rings. The van der Waals surface area contributed by atoms with Gasteiger partial charge in [-0.3, -0.25) is 0 Å². The second-order valence-corrected chi connectivity index (χ2v) is 4.33. The smallest absolute Gasteiger partial charge is 0.231 e. The predicted octanol–water partition coefficient (Wildman–Crippen LogP) is 1.93. The molecule has 1 aromatic heterocycles. The Morgan fingerprint density at radius 2 is 1.84 bits per heavy atom. The number of rotatable bonds is 2. The fraction of sp³-hybridized carbons (Fsp3) is 0.308. The topological polar surface area (TPSA) is 69.2 Å². The van der Waals surface area contributed by atoms with E-state index in [0.29, 0.717) is 17.3 Å². The summed E-state index contributed by atoms with van der Waals surface area (Å²) >= 11 is 0. The van der Waals surface area contributed by atoms with Crippen LogP contribution in [0.4, 0.5) is 5.82 Å². The van der Waals surface area contributed by atoms with Crippen molar-refractivity contribution in [1.29, 1.82) is 0 Å². The Hall–Kier alpha value is -2.37. The van der Waals surface area contributed by atoms with Crippen LogP contribution in [0, 0.1) is 13.8 Å². The van der Waals surface area contributed by atoms with E-state index < -0.39 is 0 Å². The maximum atomic E-state index is 5.40. The predicted molar refractivity (Wildman–Crippen MR) is 70.4 cm³/mol. The van der Waals surface area contributed by atoms with Gasteiger partial charge in [0.2, 0.25) is 6.79 Å². The number of nitrogens with one attached hydrogen (secondary N) is 1. The molecule has 0 spiro atoms. The number of nitrogens with zero attached hydrogens (tertiary/aromatic N) is 3. The molecule has 0 saturated heterocycles. The van der Waals surface area contributed by atoms with Gasteiger partial charge in [-0.1, -0.05) is 0 Å². The van der Waals surface area contributed by atoms with Crippen LogP contribution in [0.2, 0.25) is 0 Å². The number of fused-ring (bicyclic) bond motifs is 1. The maximum Gasteiger partial charge on any atom is 0.231 e. The summed E-state index contributed by atoms with van der Waals surface area (Å²) in [5.41, 5.74) is 2.69. The first-order chi connectivity index (χ1) is 9.19. The summed E-state index contributed by atoms with van der Waals surface area (Å²) < 4.78 is 10.8. The van der Waals surface area contributed by atoms with Gasteiger partial charge in [-0.2, -0.15) is 0 Å². The van der Waals surface area contributed by atoms with E-state index in [0.717, 1.165) is 22.6 Å². The van der Waals surface area contributed by atoms with Crippen LogP contribution < -0.4 is 14.8 Å². The molecule has 0 unspecified atom stereocenters. The van der Waals surface area contributed by atoms with Gasteiger partial charge in [0.1, 0.15) is 11.5 Å². The SMILES string of the molecule is CNc1nc(C)nnc1-c1cc2c(cc1C)OCO2. The third-order valence-electron chi connectivity index (χ3n) is 3.00. The Balaban J connectivity index is 2.17. The highest BCUT2D eigenvalue weighted by molar-refractivity contribution is 5.76. The minimum atomic E-state index is 0.259. The van der Waals surface area contributed by atoms with Crippen LogP contribution in [0.1, 0.15) is 11.4 Å². The fourth-order valence-corrected chi connectivity index (χ4v) is 2.06. The van der Waals surface area contributed by atoms with E-state index in [2.05, 4.69) is 20.5 Å². The lowest BCUT2D eigenvalue weighted by atomic mass is 10.0. The molecule has 0 saturated carbocycles. The summed E-state index contributed by atoms with van der Waals surface area (Å²) in [5, 5.41) is 11.3. The molecule has 2 aromatic rings. The number of aromatic nitrogens is 3. The molecule has 1 aliphatic heterocycles. The summed E-state index contributed by atoms with van der Waals surface area (Å²) in [7, 11) is 1.81. The fourth-order valence-electron chi connectivity index (χ4n) is 2.06. The lowest BCUT2D eigenvalue weighted by molar-refractivity contribution is 0.174. The molecule has 0 radical (unpaired) electrons. The first-order valence-corrected chi connectivity index (χ1v) is 5.98. The second-order valence-electron chi connectivity index (χ2n) is 4.33. The van der Waals surface area contributed by atoms with E-state index in [1.807, 2.05) is 33.0 Å². The molecule has 1 N–H and O–H groups in total. The summed E-state index contributed by atoms with van der Waals surface area (Å²) in [6.07, 6.45) is 0. The maximum absolute atomic E-state index is 5.40. The van der Waals surface area contributed by atoms with Gasteiger partial charge in [0, 0.05) is 12.6 Å². The number of anilines is 1. The molecular weight excluding hydrogens is 244 g/mol. The van der Waals surface area contributed by atoms with Crippen LogP contribution in [0.25, 0.3) is 11.3 Å². The van der Waals surface area contributed by atoms with Crippen LogP contribution in [-0.4, -0.2) is 29.0 Å². The van der Waals surface area contributed by atoms with Gasteiger partial charge < -0.3 is 14.8 Å². The van der Waals surface area contributed by atoms with E-state index in [1.54, 1.807) is 0 Å². The number of benzene rings is 1. The average molecular weight is 258 g/mol. The van der Waals surface area contributed by atoms with Crippen molar-refractivity contribution in [1.82, 2.24) is 15.2 Å². The molecule has 3 rings (SSSR count). The zero-order chi connectivity index (χ0) is 13.4. The number of aryl methyl sites for hydroxylation is 2. The lowest BCUT2D eigenvalue weighted by Gasteiger charge is -2.10. The third-order valence-corrected chi connectivity index (χ3v) is 3.00. The monoisotopic (exact) mass is 258 g/mol. The molecule has 0 bridgehead atoms. The number of hydrogen-bond donors (Lipinski definition) is 1. The molecule has 6 nitrogen and oxygen atoms in total. The highest BCUT2D eigenvalue weighted by Gasteiger charge is 2.19. The Bertz CT molecular complexity index is 643. The zero-order valence-electron chi connectivity index (χ0n) is 11.0. The molecule has 6 heteroatoms. The lowest BCUT2D eigenvalue weighted by Crippen LogP contribution is -2.03. The largest absolute Gasteiger partial charge is 0.454 e. The standard InChI is InChI=1S/C13H14N4O2/c1-7-4-10-11(19-6-18-10)5-9(7)12-13(14-3)15-8(2)16-17-12/h4-5H,6H2,1-3H3,(H,14,15,16).